The highest BCUT2D eigenvalue weighted by Gasteiger charge is 2.09. The Morgan fingerprint density at radius 3 is 3.00 bits per heavy atom. The Balaban J connectivity index is 2.56. The summed E-state index contributed by atoms with van der Waals surface area (Å²) in [6.45, 7) is 1.93. The number of carbonyl (C=O) groups is 1. The average Bonchev–Trinajstić information content (AvgIpc) is 2.59. The molecule has 0 bridgehead atoms. The lowest BCUT2D eigenvalue weighted by Crippen LogP contribution is -1.96. The van der Waals surface area contributed by atoms with E-state index >= 15 is 0 Å². The third-order valence-corrected chi connectivity index (χ3v) is 2.99. The highest BCUT2D eigenvalue weighted by molar-refractivity contribution is 7.20. The van der Waals surface area contributed by atoms with Crippen LogP contribution in [0.4, 0.5) is 0 Å². The van der Waals surface area contributed by atoms with Crippen molar-refractivity contribution in [3.63, 3.8) is 0 Å². The summed E-state index contributed by atoms with van der Waals surface area (Å²) in [5.41, 5.74) is 0.951. The molecule has 0 aliphatic rings. The molecule has 0 aliphatic heterocycles. The van der Waals surface area contributed by atoms with E-state index in [0.29, 0.717) is 4.88 Å². The summed E-state index contributed by atoms with van der Waals surface area (Å²) in [5.74, 6) is -0.288. The second-order valence-corrected chi connectivity index (χ2v) is 4.05. The topological polar surface area (TPSA) is 39.2 Å². The lowest BCUT2D eigenvalue weighted by molar-refractivity contribution is 0.0606. The molecule has 0 atom stereocenters. The van der Waals surface area contributed by atoms with Crippen molar-refractivity contribution in [3.8, 4) is 0 Å². The highest BCUT2D eigenvalue weighted by Crippen LogP contribution is 2.25. The maximum absolute atomic E-state index is 11.2. The first-order valence-electron chi connectivity index (χ1n) is 4.15. The molecule has 0 unspecified atom stereocenters. The first-order chi connectivity index (χ1) is 6.70. The van der Waals surface area contributed by atoms with Gasteiger partial charge in [0.05, 0.1) is 11.8 Å². The van der Waals surface area contributed by atoms with Crippen LogP contribution >= 0.6 is 11.3 Å². The van der Waals surface area contributed by atoms with E-state index < -0.39 is 0 Å². The number of methoxy groups -OCH3 is 1. The Labute approximate surface area is 85.3 Å². The van der Waals surface area contributed by atoms with Gasteiger partial charge < -0.3 is 4.74 Å². The number of hydrogen-bond donors (Lipinski definition) is 0. The van der Waals surface area contributed by atoms with E-state index in [9.17, 15) is 4.79 Å². The highest BCUT2D eigenvalue weighted by atomic mass is 32.1. The summed E-state index contributed by atoms with van der Waals surface area (Å²) in [5, 5.41) is 1.04. The van der Waals surface area contributed by atoms with Gasteiger partial charge in [0, 0.05) is 11.9 Å². The molecule has 2 aromatic rings. The Hall–Kier alpha value is -1.42. The summed E-state index contributed by atoms with van der Waals surface area (Å²) < 4.78 is 5.66. The van der Waals surface area contributed by atoms with Crippen molar-refractivity contribution in [3.05, 3.63) is 28.9 Å². The molecule has 0 aliphatic carbocycles. The molecule has 4 heteroatoms. The number of ether oxygens (including phenoxy) is 1. The van der Waals surface area contributed by atoms with Crippen LogP contribution in [-0.2, 0) is 4.74 Å². The van der Waals surface area contributed by atoms with Crippen LogP contribution in [-0.4, -0.2) is 18.1 Å². The van der Waals surface area contributed by atoms with Gasteiger partial charge in [-0.05, 0) is 24.4 Å². The lowest BCUT2D eigenvalue weighted by atomic mass is 10.2. The molecule has 0 amide bonds. The fourth-order valence-corrected chi connectivity index (χ4v) is 2.19. The van der Waals surface area contributed by atoms with Crippen molar-refractivity contribution < 1.29 is 9.53 Å². The van der Waals surface area contributed by atoms with Crippen molar-refractivity contribution in [2.75, 3.05) is 7.11 Å². The Bertz CT molecular complexity index is 490. The molecule has 2 aromatic heterocycles. The largest absolute Gasteiger partial charge is 0.465 e. The van der Waals surface area contributed by atoms with Gasteiger partial charge in [0.2, 0.25) is 0 Å². The Morgan fingerprint density at radius 1 is 1.50 bits per heavy atom. The number of hydrogen-bond acceptors (Lipinski definition) is 4. The summed E-state index contributed by atoms with van der Waals surface area (Å²) in [6, 6.07) is 3.79. The van der Waals surface area contributed by atoms with E-state index in [1.165, 1.54) is 18.4 Å². The second kappa shape index (κ2) is 3.38. The Kier molecular flexibility index (Phi) is 2.21. The molecule has 72 valence electrons. The van der Waals surface area contributed by atoms with E-state index in [-0.39, 0.29) is 5.97 Å². The molecule has 0 radical (unpaired) electrons. The normalized spacial score (nSPS) is 10.4. The molecule has 3 nitrogen and oxygen atoms in total. The maximum atomic E-state index is 11.2. The van der Waals surface area contributed by atoms with Crippen LogP contribution in [0.5, 0.6) is 0 Å². The monoisotopic (exact) mass is 207 g/mol. The number of fused-ring (bicyclic) bond motifs is 1. The predicted octanol–water partition coefficient (Wildman–Crippen LogP) is 2.39. The van der Waals surface area contributed by atoms with Crippen LogP contribution in [0.15, 0.2) is 18.3 Å². The van der Waals surface area contributed by atoms with Crippen LogP contribution in [0.3, 0.4) is 0 Å². The first-order valence-corrected chi connectivity index (χ1v) is 4.97. The molecule has 0 saturated heterocycles. The predicted molar refractivity (Wildman–Crippen MR) is 55.7 cm³/mol. The van der Waals surface area contributed by atoms with Gasteiger partial charge in [-0.1, -0.05) is 0 Å². The fraction of sp³-hybridized carbons (Fsp3) is 0.200. The van der Waals surface area contributed by atoms with Crippen molar-refractivity contribution in [2.24, 2.45) is 0 Å². The number of pyridine rings is 1. The summed E-state index contributed by atoms with van der Waals surface area (Å²) in [6.07, 6.45) is 1.78. The number of rotatable bonds is 1. The van der Waals surface area contributed by atoms with Gasteiger partial charge in [-0.2, -0.15) is 0 Å². The van der Waals surface area contributed by atoms with Gasteiger partial charge in [-0.25, -0.2) is 4.79 Å². The van der Waals surface area contributed by atoms with Gasteiger partial charge >= 0.3 is 5.97 Å². The van der Waals surface area contributed by atoms with E-state index in [0.717, 1.165) is 15.8 Å². The van der Waals surface area contributed by atoms with E-state index in [1.54, 1.807) is 6.20 Å². The standard InChI is InChI=1S/C10H9NO2S/c1-6-3-7-4-8(10(12)13-2)14-9(7)5-11-6/h3-5H,1-2H3. The van der Waals surface area contributed by atoms with Gasteiger partial charge in [-0.15, -0.1) is 11.3 Å². The smallest absolute Gasteiger partial charge is 0.348 e. The van der Waals surface area contributed by atoms with Gasteiger partial charge in [0.15, 0.2) is 0 Å². The minimum atomic E-state index is -0.288. The van der Waals surface area contributed by atoms with Crippen LogP contribution < -0.4 is 0 Å². The van der Waals surface area contributed by atoms with Crippen LogP contribution in [0.25, 0.3) is 10.1 Å². The van der Waals surface area contributed by atoms with E-state index in [2.05, 4.69) is 9.72 Å². The molecule has 2 heterocycles. The van der Waals surface area contributed by atoms with Gasteiger partial charge in [0.25, 0.3) is 0 Å². The summed E-state index contributed by atoms with van der Waals surface area (Å²) in [4.78, 5) is 16.0. The zero-order valence-electron chi connectivity index (χ0n) is 7.90. The van der Waals surface area contributed by atoms with Crippen molar-refractivity contribution in [1.29, 1.82) is 0 Å². The molecular weight excluding hydrogens is 198 g/mol. The average molecular weight is 207 g/mol. The summed E-state index contributed by atoms with van der Waals surface area (Å²) in [7, 11) is 1.39. The number of nitrogens with zero attached hydrogens (tertiary/aromatic N) is 1. The van der Waals surface area contributed by atoms with E-state index in [4.69, 9.17) is 0 Å². The van der Waals surface area contributed by atoms with Crippen LogP contribution in [0, 0.1) is 6.92 Å². The molecule has 0 fully saturated rings. The maximum Gasteiger partial charge on any atom is 0.348 e. The molecular formula is C10H9NO2S. The molecule has 14 heavy (non-hydrogen) atoms. The number of thiophene rings is 1. The van der Waals surface area contributed by atoms with Crippen LogP contribution in [0.2, 0.25) is 0 Å². The first kappa shape index (κ1) is 9.15. The van der Waals surface area contributed by atoms with Crippen molar-refractivity contribution >= 4 is 27.4 Å². The number of aryl methyl sites for hydroxylation is 1. The lowest BCUT2D eigenvalue weighted by Gasteiger charge is -1.90. The minimum absolute atomic E-state index is 0.288. The SMILES string of the molecule is COC(=O)c1cc2cc(C)ncc2s1. The van der Waals surface area contributed by atoms with Crippen molar-refractivity contribution in [1.82, 2.24) is 4.98 Å². The van der Waals surface area contributed by atoms with Gasteiger partial charge in [0.1, 0.15) is 4.88 Å². The zero-order valence-corrected chi connectivity index (χ0v) is 8.72. The number of esters is 1. The number of carbonyl (C=O) groups excluding carboxylic acids is 1. The minimum Gasteiger partial charge on any atom is -0.465 e. The molecule has 2 rings (SSSR count). The second-order valence-electron chi connectivity index (χ2n) is 2.97. The number of aromatic nitrogens is 1. The van der Waals surface area contributed by atoms with E-state index in [1.807, 2.05) is 19.1 Å². The van der Waals surface area contributed by atoms with Gasteiger partial charge in [-0.3, -0.25) is 4.98 Å². The molecule has 0 spiro atoms. The Morgan fingerprint density at radius 2 is 2.29 bits per heavy atom. The van der Waals surface area contributed by atoms with Crippen LogP contribution in [0.1, 0.15) is 15.4 Å². The fourth-order valence-electron chi connectivity index (χ4n) is 1.26. The molecule has 0 aromatic carbocycles. The third kappa shape index (κ3) is 1.48. The molecule has 0 saturated carbocycles. The van der Waals surface area contributed by atoms with Crippen molar-refractivity contribution in [2.45, 2.75) is 6.92 Å². The zero-order chi connectivity index (χ0) is 10.1. The summed E-state index contributed by atoms with van der Waals surface area (Å²) >= 11 is 1.40. The quantitative estimate of drug-likeness (QED) is 0.674. The molecule has 0 N–H and O–H groups in total. The third-order valence-electron chi connectivity index (χ3n) is 1.93.